The first-order valence-corrected chi connectivity index (χ1v) is 13.0. The molecule has 0 saturated carbocycles. The van der Waals surface area contributed by atoms with Crippen LogP contribution in [0.3, 0.4) is 0 Å². The molecule has 0 aromatic heterocycles. The summed E-state index contributed by atoms with van der Waals surface area (Å²) >= 11 is 0.976. The van der Waals surface area contributed by atoms with Crippen LogP contribution in [-0.2, 0) is 26.0 Å². The summed E-state index contributed by atoms with van der Waals surface area (Å²) < 4.78 is 30.1. The molecule has 1 aliphatic heterocycles. The van der Waals surface area contributed by atoms with E-state index >= 15 is 0 Å². The normalized spacial score (nSPS) is 17.2. The second kappa shape index (κ2) is 10.2. The molecular weight excluding hydrogens is 470 g/mol. The number of amidine groups is 1. The van der Waals surface area contributed by atoms with Crippen LogP contribution in [-0.4, -0.2) is 30.6 Å². The third-order valence-electron chi connectivity index (χ3n) is 5.21. The average molecular weight is 494 g/mol. The molecule has 1 fully saturated rings. The van der Waals surface area contributed by atoms with E-state index in [1.807, 2.05) is 13.0 Å². The Bertz CT molecular complexity index is 1310. The molecule has 0 bridgehead atoms. The zero-order chi connectivity index (χ0) is 24.1. The lowest BCUT2D eigenvalue weighted by Gasteiger charge is -2.16. The lowest BCUT2D eigenvalue weighted by atomic mass is 10.2. The maximum absolute atomic E-state index is 13.3. The number of hydrogen-bond acceptors (Lipinski definition) is 5. The maximum Gasteiger partial charge on any atom is 0.284 e. The molecule has 0 aliphatic carbocycles. The molecular formula is C25H23N3O4S2. The van der Waals surface area contributed by atoms with Crippen LogP contribution >= 0.6 is 11.8 Å². The van der Waals surface area contributed by atoms with E-state index in [9.17, 15) is 18.0 Å². The van der Waals surface area contributed by atoms with E-state index in [4.69, 9.17) is 0 Å². The van der Waals surface area contributed by atoms with Crippen LogP contribution in [0.1, 0.15) is 18.9 Å². The highest BCUT2D eigenvalue weighted by Gasteiger charge is 2.41. The van der Waals surface area contributed by atoms with Crippen molar-refractivity contribution in [1.29, 1.82) is 0 Å². The van der Waals surface area contributed by atoms with Crippen LogP contribution in [0.5, 0.6) is 0 Å². The molecule has 174 valence electrons. The van der Waals surface area contributed by atoms with Crippen molar-refractivity contribution in [3.63, 3.8) is 0 Å². The standard InChI is InChI=1S/C25H23N3O4S2/c1-2-18-13-15-21(16-14-18)34(31,32)27-25-28(20-11-7-4-8-12-20)24(30)22(33-25)17-23(29)26-19-9-5-3-6-10-19/h3-16,22H,2,17H2,1H3,(H,26,29)/t22-/m0/s1. The Balaban J connectivity index is 1.62. The summed E-state index contributed by atoms with van der Waals surface area (Å²) in [5.74, 6) is -0.737. The van der Waals surface area contributed by atoms with Gasteiger partial charge in [0.15, 0.2) is 5.17 Å². The van der Waals surface area contributed by atoms with Gasteiger partial charge in [-0.15, -0.1) is 4.40 Å². The van der Waals surface area contributed by atoms with E-state index in [-0.39, 0.29) is 22.4 Å². The topological polar surface area (TPSA) is 95.9 Å². The summed E-state index contributed by atoms with van der Waals surface area (Å²) in [6.45, 7) is 1.98. The van der Waals surface area contributed by atoms with Crippen molar-refractivity contribution >= 4 is 50.1 Å². The summed E-state index contributed by atoms with van der Waals surface area (Å²) in [6.07, 6.45) is 0.666. The second-order valence-corrected chi connectivity index (χ2v) is 10.4. The van der Waals surface area contributed by atoms with Crippen molar-refractivity contribution in [2.75, 3.05) is 10.2 Å². The van der Waals surface area contributed by atoms with Crippen molar-refractivity contribution in [2.45, 2.75) is 29.9 Å². The van der Waals surface area contributed by atoms with Crippen LogP contribution < -0.4 is 10.2 Å². The number of hydrogen-bond donors (Lipinski definition) is 1. The number of benzene rings is 3. The van der Waals surface area contributed by atoms with Gasteiger partial charge in [0, 0.05) is 12.1 Å². The summed E-state index contributed by atoms with van der Waals surface area (Å²) in [5, 5.41) is 1.98. The minimum absolute atomic E-state index is 0.0216. The van der Waals surface area contributed by atoms with Crippen molar-refractivity contribution in [3.05, 3.63) is 90.5 Å². The number of thioether (sulfide) groups is 1. The Hall–Kier alpha value is -3.43. The quantitative estimate of drug-likeness (QED) is 0.524. The van der Waals surface area contributed by atoms with Gasteiger partial charge in [-0.2, -0.15) is 8.42 Å². The monoisotopic (exact) mass is 493 g/mol. The number of nitrogens with zero attached hydrogens (tertiary/aromatic N) is 2. The summed E-state index contributed by atoms with van der Waals surface area (Å²) in [5.41, 5.74) is 2.11. The Morgan fingerprint density at radius 2 is 1.59 bits per heavy atom. The largest absolute Gasteiger partial charge is 0.326 e. The van der Waals surface area contributed by atoms with Crippen molar-refractivity contribution in [1.82, 2.24) is 0 Å². The van der Waals surface area contributed by atoms with E-state index in [2.05, 4.69) is 9.71 Å². The fourth-order valence-corrected chi connectivity index (χ4v) is 5.76. The third kappa shape index (κ3) is 5.37. The van der Waals surface area contributed by atoms with Crippen LogP contribution in [0, 0.1) is 0 Å². The van der Waals surface area contributed by atoms with E-state index in [0.717, 1.165) is 23.7 Å². The highest BCUT2D eigenvalue weighted by molar-refractivity contribution is 8.16. The number of sulfonamides is 1. The number of carbonyl (C=O) groups is 2. The molecule has 1 heterocycles. The van der Waals surface area contributed by atoms with Gasteiger partial charge in [-0.25, -0.2) is 0 Å². The first-order chi connectivity index (χ1) is 16.4. The van der Waals surface area contributed by atoms with Crippen molar-refractivity contribution in [3.8, 4) is 0 Å². The van der Waals surface area contributed by atoms with Gasteiger partial charge < -0.3 is 5.32 Å². The molecule has 3 aromatic carbocycles. The van der Waals surface area contributed by atoms with E-state index in [1.165, 1.54) is 17.0 Å². The van der Waals surface area contributed by atoms with Gasteiger partial charge >= 0.3 is 0 Å². The van der Waals surface area contributed by atoms with Gasteiger partial charge in [0.1, 0.15) is 5.25 Å². The van der Waals surface area contributed by atoms with Gasteiger partial charge in [-0.1, -0.05) is 67.2 Å². The minimum atomic E-state index is -4.06. The third-order valence-corrected chi connectivity index (χ3v) is 7.74. The zero-order valence-corrected chi connectivity index (χ0v) is 20.1. The number of para-hydroxylation sites is 2. The minimum Gasteiger partial charge on any atom is -0.326 e. The van der Waals surface area contributed by atoms with Crippen LogP contribution in [0.15, 0.2) is 94.2 Å². The molecule has 0 spiro atoms. The molecule has 4 rings (SSSR count). The second-order valence-electron chi connectivity index (χ2n) is 7.58. The SMILES string of the molecule is CCc1ccc(S(=O)(=O)N=C2S[C@@H](CC(=O)Nc3ccccc3)C(=O)N2c2ccccc2)cc1. The smallest absolute Gasteiger partial charge is 0.284 e. The van der Waals surface area contributed by atoms with Crippen LogP contribution in [0.25, 0.3) is 0 Å². The van der Waals surface area contributed by atoms with Gasteiger partial charge in [-0.05, 0) is 48.4 Å². The van der Waals surface area contributed by atoms with E-state index in [0.29, 0.717) is 11.4 Å². The van der Waals surface area contributed by atoms with Gasteiger partial charge in [0.2, 0.25) is 11.8 Å². The molecule has 0 unspecified atom stereocenters. The number of carbonyl (C=O) groups excluding carboxylic acids is 2. The molecule has 9 heteroatoms. The Labute approximate surface area is 203 Å². The molecule has 3 aromatic rings. The van der Waals surface area contributed by atoms with E-state index < -0.39 is 21.2 Å². The van der Waals surface area contributed by atoms with Crippen LogP contribution in [0.4, 0.5) is 11.4 Å². The predicted octanol–water partition coefficient (Wildman–Crippen LogP) is 4.47. The highest BCUT2D eigenvalue weighted by Crippen LogP contribution is 2.35. The van der Waals surface area contributed by atoms with Crippen molar-refractivity contribution < 1.29 is 18.0 Å². The Morgan fingerprint density at radius 1 is 0.971 bits per heavy atom. The maximum atomic E-state index is 13.3. The molecule has 1 saturated heterocycles. The summed E-state index contributed by atoms with van der Waals surface area (Å²) in [6, 6.07) is 24.1. The molecule has 1 atom stereocenters. The van der Waals surface area contributed by atoms with Crippen LogP contribution in [0.2, 0.25) is 0 Å². The fraction of sp³-hybridized carbons (Fsp3) is 0.160. The average Bonchev–Trinajstić information content (AvgIpc) is 3.13. The fourth-order valence-electron chi connectivity index (χ4n) is 3.43. The first-order valence-electron chi connectivity index (χ1n) is 10.7. The Kier molecular flexibility index (Phi) is 7.14. The number of rotatable bonds is 7. The molecule has 34 heavy (non-hydrogen) atoms. The lowest BCUT2D eigenvalue weighted by molar-refractivity contribution is -0.121. The highest BCUT2D eigenvalue weighted by atomic mass is 32.2. The van der Waals surface area contributed by atoms with Crippen molar-refractivity contribution in [2.24, 2.45) is 4.40 Å². The number of anilines is 2. The van der Waals surface area contributed by atoms with Gasteiger partial charge in [0.05, 0.1) is 10.6 Å². The molecule has 0 radical (unpaired) electrons. The zero-order valence-electron chi connectivity index (χ0n) is 18.4. The number of nitrogens with one attached hydrogen (secondary N) is 1. The lowest BCUT2D eigenvalue weighted by Crippen LogP contribution is -2.33. The Morgan fingerprint density at radius 3 is 2.21 bits per heavy atom. The molecule has 1 aliphatic rings. The summed E-state index contributed by atoms with van der Waals surface area (Å²) in [7, 11) is -4.06. The number of amides is 2. The van der Waals surface area contributed by atoms with Gasteiger partial charge in [0.25, 0.3) is 10.0 Å². The molecule has 2 amide bonds. The van der Waals surface area contributed by atoms with E-state index in [1.54, 1.807) is 66.7 Å². The first kappa shape index (κ1) is 23.7. The predicted molar refractivity (Wildman–Crippen MR) is 135 cm³/mol. The molecule has 7 nitrogen and oxygen atoms in total. The summed E-state index contributed by atoms with van der Waals surface area (Å²) in [4.78, 5) is 27.1. The number of aryl methyl sites for hydroxylation is 1. The molecule has 1 N–H and O–H groups in total. The van der Waals surface area contributed by atoms with Gasteiger partial charge in [-0.3, -0.25) is 14.5 Å².